The molecular formula is C17H23N3O5. The van der Waals surface area contributed by atoms with E-state index < -0.39 is 22.8 Å². The summed E-state index contributed by atoms with van der Waals surface area (Å²) in [4.78, 5) is 36.4. The van der Waals surface area contributed by atoms with Gasteiger partial charge < -0.3 is 15.3 Å². The number of nitro benzene ring substituents is 1. The van der Waals surface area contributed by atoms with Crippen molar-refractivity contribution < 1.29 is 19.6 Å². The summed E-state index contributed by atoms with van der Waals surface area (Å²) in [5.41, 5.74) is 0.450. The minimum Gasteiger partial charge on any atom is -0.480 e. The average molecular weight is 349 g/mol. The minimum atomic E-state index is -1.12. The smallest absolute Gasteiger partial charge is 0.326 e. The number of hydrogen-bond acceptors (Lipinski definition) is 5. The van der Waals surface area contributed by atoms with Crippen LogP contribution >= 0.6 is 0 Å². The molecular weight excluding hydrogens is 326 g/mol. The van der Waals surface area contributed by atoms with Gasteiger partial charge in [-0.3, -0.25) is 14.9 Å². The molecule has 136 valence electrons. The number of rotatable bonds is 7. The molecule has 1 saturated heterocycles. The number of carboxylic acids is 1. The highest BCUT2D eigenvalue weighted by molar-refractivity contribution is 5.97. The molecule has 0 saturated carbocycles. The predicted octanol–water partition coefficient (Wildman–Crippen LogP) is 2.42. The molecule has 1 aromatic rings. The molecule has 0 radical (unpaired) electrons. The van der Waals surface area contributed by atoms with Gasteiger partial charge >= 0.3 is 5.97 Å². The van der Waals surface area contributed by atoms with Crippen molar-refractivity contribution in [1.29, 1.82) is 0 Å². The lowest BCUT2D eigenvalue weighted by molar-refractivity contribution is -0.384. The van der Waals surface area contributed by atoms with E-state index in [1.54, 1.807) is 6.07 Å². The fraction of sp³-hybridized carbons (Fsp3) is 0.529. The molecule has 0 unspecified atom stereocenters. The minimum absolute atomic E-state index is 0.0876. The highest BCUT2D eigenvalue weighted by atomic mass is 16.6. The zero-order valence-electron chi connectivity index (χ0n) is 14.4. The van der Waals surface area contributed by atoms with Crippen LogP contribution in [0.3, 0.4) is 0 Å². The van der Waals surface area contributed by atoms with Gasteiger partial charge in [-0.05, 0) is 37.3 Å². The summed E-state index contributed by atoms with van der Waals surface area (Å²) in [5, 5.41) is 23.0. The highest BCUT2D eigenvalue weighted by Crippen LogP contribution is 2.31. The summed E-state index contributed by atoms with van der Waals surface area (Å²) in [6.07, 6.45) is 2.25. The molecule has 0 bridgehead atoms. The maximum Gasteiger partial charge on any atom is 0.326 e. The molecule has 25 heavy (non-hydrogen) atoms. The van der Waals surface area contributed by atoms with Crippen LogP contribution < -0.4 is 10.2 Å². The largest absolute Gasteiger partial charge is 0.480 e. The predicted molar refractivity (Wildman–Crippen MR) is 92.9 cm³/mol. The first-order chi connectivity index (χ1) is 11.8. The van der Waals surface area contributed by atoms with E-state index in [4.69, 9.17) is 0 Å². The van der Waals surface area contributed by atoms with Crippen LogP contribution in [0.5, 0.6) is 0 Å². The van der Waals surface area contributed by atoms with E-state index in [9.17, 15) is 24.8 Å². The van der Waals surface area contributed by atoms with Crippen molar-refractivity contribution in [3.05, 3.63) is 33.9 Å². The zero-order chi connectivity index (χ0) is 18.6. The molecule has 1 heterocycles. The van der Waals surface area contributed by atoms with Gasteiger partial charge in [-0.2, -0.15) is 0 Å². The standard InChI is InChI=1S/C17H23N3O5/c1-11(2)9-13(17(22)23)18-16(21)12-5-6-14(15(10-12)20(24)25)19-7-3-4-8-19/h5-6,10-11,13H,3-4,7-9H2,1-2H3,(H,18,21)(H,22,23)/t13-/m1/s1. The molecule has 0 spiro atoms. The van der Waals surface area contributed by atoms with E-state index in [2.05, 4.69) is 5.32 Å². The Kier molecular flexibility index (Phi) is 5.95. The van der Waals surface area contributed by atoms with E-state index in [0.717, 1.165) is 25.9 Å². The lowest BCUT2D eigenvalue weighted by atomic mass is 10.0. The number of carboxylic acid groups (broad SMARTS) is 1. The van der Waals surface area contributed by atoms with Crippen LogP contribution in [0.4, 0.5) is 11.4 Å². The third kappa shape index (κ3) is 4.68. The second-order valence-corrected chi connectivity index (χ2v) is 6.65. The summed E-state index contributed by atoms with van der Waals surface area (Å²) in [6.45, 7) is 5.22. The van der Waals surface area contributed by atoms with Crippen molar-refractivity contribution in [2.75, 3.05) is 18.0 Å². The fourth-order valence-electron chi connectivity index (χ4n) is 2.97. The molecule has 1 aromatic carbocycles. The maximum atomic E-state index is 12.3. The van der Waals surface area contributed by atoms with Crippen LogP contribution in [0.1, 0.15) is 43.5 Å². The number of nitro groups is 1. The molecule has 8 heteroatoms. The number of benzene rings is 1. The number of anilines is 1. The zero-order valence-corrected chi connectivity index (χ0v) is 14.4. The topological polar surface area (TPSA) is 113 Å². The monoisotopic (exact) mass is 349 g/mol. The van der Waals surface area contributed by atoms with Gasteiger partial charge in [-0.25, -0.2) is 4.79 Å². The van der Waals surface area contributed by atoms with E-state index in [1.165, 1.54) is 12.1 Å². The summed E-state index contributed by atoms with van der Waals surface area (Å²) in [6, 6.07) is 3.27. The molecule has 2 rings (SSSR count). The van der Waals surface area contributed by atoms with Gasteiger partial charge in [-0.15, -0.1) is 0 Å². The van der Waals surface area contributed by atoms with Crippen LogP contribution in [-0.4, -0.2) is 41.0 Å². The fourth-order valence-corrected chi connectivity index (χ4v) is 2.97. The molecule has 1 atom stereocenters. The third-order valence-electron chi connectivity index (χ3n) is 4.19. The quantitative estimate of drug-likeness (QED) is 0.577. The molecule has 8 nitrogen and oxygen atoms in total. The molecule has 1 fully saturated rings. The molecule has 1 amide bonds. The Balaban J connectivity index is 2.23. The number of nitrogens with zero attached hydrogens (tertiary/aromatic N) is 2. The Labute approximate surface area is 146 Å². The first kappa shape index (κ1) is 18.7. The van der Waals surface area contributed by atoms with E-state index >= 15 is 0 Å². The number of nitrogens with one attached hydrogen (secondary N) is 1. The lowest BCUT2D eigenvalue weighted by Gasteiger charge is -2.19. The van der Waals surface area contributed by atoms with Crippen LogP contribution in [0.2, 0.25) is 0 Å². The van der Waals surface area contributed by atoms with Crippen LogP contribution in [-0.2, 0) is 4.79 Å². The van der Waals surface area contributed by atoms with E-state index in [-0.39, 0.29) is 23.6 Å². The van der Waals surface area contributed by atoms with Crippen molar-refractivity contribution in [2.45, 2.75) is 39.2 Å². The molecule has 0 aliphatic carbocycles. The maximum absolute atomic E-state index is 12.3. The summed E-state index contributed by atoms with van der Waals surface area (Å²) in [5.74, 6) is -1.65. The molecule has 1 aliphatic heterocycles. The first-order valence-corrected chi connectivity index (χ1v) is 8.36. The van der Waals surface area contributed by atoms with E-state index in [1.807, 2.05) is 18.7 Å². The van der Waals surface area contributed by atoms with Crippen molar-refractivity contribution in [3.63, 3.8) is 0 Å². The second-order valence-electron chi connectivity index (χ2n) is 6.65. The van der Waals surface area contributed by atoms with Crippen molar-refractivity contribution in [2.24, 2.45) is 5.92 Å². The van der Waals surface area contributed by atoms with Gasteiger partial charge in [0.05, 0.1) is 4.92 Å². The first-order valence-electron chi connectivity index (χ1n) is 8.36. The summed E-state index contributed by atoms with van der Waals surface area (Å²) in [7, 11) is 0. The Morgan fingerprint density at radius 3 is 2.48 bits per heavy atom. The van der Waals surface area contributed by atoms with Crippen molar-refractivity contribution in [1.82, 2.24) is 5.32 Å². The molecule has 0 aromatic heterocycles. The Morgan fingerprint density at radius 1 is 1.32 bits per heavy atom. The number of hydrogen-bond donors (Lipinski definition) is 2. The van der Waals surface area contributed by atoms with E-state index in [0.29, 0.717) is 5.69 Å². The van der Waals surface area contributed by atoms with Crippen LogP contribution in [0, 0.1) is 16.0 Å². The van der Waals surface area contributed by atoms with Crippen molar-refractivity contribution >= 4 is 23.3 Å². The number of carbonyl (C=O) groups is 2. The second kappa shape index (κ2) is 7.96. The normalized spacial score (nSPS) is 15.2. The lowest BCUT2D eigenvalue weighted by Crippen LogP contribution is -2.41. The SMILES string of the molecule is CC(C)C[C@@H](NC(=O)c1ccc(N2CCCC2)c([N+](=O)[O-])c1)C(=O)O. The van der Waals surface area contributed by atoms with Gasteiger partial charge in [0.2, 0.25) is 0 Å². The number of carbonyl (C=O) groups excluding carboxylic acids is 1. The van der Waals surface area contributed by atoms with Gasteiger partial charge in [-0.1, -0.05) is 13.8 Å². The summed E-state index contributed by atoms with van der Waals surface area (Å²) >= 11 is 0. The van der Waals surface area contributed by atoms with Gasteiger partial charge in [0.15, 0.2) is 0 Å². The Morgan fingerprint density at radius 2 is 1.96 bits per heavy atom. The number of amides is 1. The summed E-state index contributed by atoms with van der Waals surface area (Å²) < 4.78 is 0. The molecule has 1 aliphatic rings. The molecule has 2 N–H and O–H groups in total. The van der Waals surface area contributed by atoms with Crippen LogP contribution in [0.15, 0.2) is 18.2 Å². The highest BCUT2D eigenvalue weighted by Gasteiger charge is 2.26. The average Bonchev–Trinajstić information content (AvgIpc) is 3.07. The number of aliphatic carboxylic acids is 1. The van der Waals surface area contributed by atoms with Crippen LogP contribution in [0.25, 0.3) is 0 Å². The van der Waals surface area contributed by atoms with Gasteiger partial charge in [0, 0.05) is 24.7 Å². The van der Waals surface area contributed by atoms with Gasteiger partial charge in [0.25, 0.3) is 11.6 Å². The Hall–Kier alpha value is -2.64. The third-order valence-corrected chi connectivity index (χ3v) is 4.19. The van der Waals surface area contributed by atoms with Crippen molar-refractivity contribution in [3.8, 4) is 0 Å². The Bertz CT molecular complexity index is 668. The van der Waals surface area contributed by atoms with Gasteiger partial charge in [0.1, 0.15) is 11.7 Å².